The Kier molecular flexibility index (Phi) is 6.99. The second-order valence-electron chi connectivity index (χ2n) is 4.85. The monoisotopic (exact) mass is 406 g/mol. The largest absolute Gasteiger partial charge is 0.495 e. The number of ether oxygens (including phenoxy) is 1. The number of rotatable bonds is 6. The molecule has 0 aliphatic heterocycles. The van der Waals surface area contributed by atoms with Crippen LogP contribution in [0.25, 0.3) is 0 Å². The lowest BCUT2D eigenvalue weighted by Crippen LogP contribution is -2.44. The molecule has 112 valence electrons. The van der Waals surface area contributed by atoms with Gasteiger partial charge in [-0.2, -0.15) is 0 Å². The molecule has 1 aromatic rings. The Morgan fingerprint density at radius 2 is 1.95 bits per heavy atom. The number of halogens is 2. The van der Waals surface area contributed by atoms with Gasteiger partial charge in [0.1, 0.15) is 5.75 Å². The van der Waals surface area contributed by atoms with Crippen molar-refractivity contribution in [1.82, 2.24) is 10.6 Å². The molecule has 0 saturated heterocycles. The van der Waals surface area contributed by atoms with Gasteiger partial charge in [0.05, 0.1) is 17.6 Å². The van der Waals surface area contributed by atoms with Crippen LogP contribution in [0.3, 0.4) is 0 Å². The molecule has 0 saturated carbocycles. The summed E-state index contributed by atoms with van der Waals surface area (Å²) in [5.41, 5.74) is 0.984. The zero-order chi connectivity index (χ0) is 15.3. The number of hydrogen-bond donors (Lipinski definition) is 2. The third-order valence-electron chi connectivity index (χ3n) is 2.71. The smallest absolute Gasteiger partial charge is 0.237 e. The molecule has 0 aliphatic carbocycles. The van der Waals surface area contributed by atoms with Crippen LogP contribution < -0.4 is 15.4 Å². The van der Waals surface area contributed by atoms with Crippen molar-refractivity contribution >= 4 is 37.8 Å². The summed E-state index contributed by atoms with van der Waals surface area (Å²) in [6, 6.07) is 3.78. The highest BCUT2D eigenvalue weighted by molar-refractivity contribution is 9.11. The van der Waals surface area contributed by atoms with E-state index in [1.807, 2.05) is 32.9 Å². The highest BCUT2D eigenvalue weighted by Gasteiger charge is 2.15. The van der Waals surface area contributed by atoms with Crippen molar-refractivity contribution in [2.75, 3.05) is 7.11 Å². The van der Waals surface area contributed by atoms with Gasteiger partial charge in [0, 0.05) is 22.6 Å². The molecule has 0 spiro atoms. The zero-order valence-electron chi connectivity index (χ0n) is 12.1. The van der Waals surface area contributed by atoms with E-state index in [2.05, 4.69) is 42.5 Å². The van der Waals surface area contributed by atoms with E-state index in [0.29, 0.717) is 6.54 Å². The summed E-state index contributed by atoms with van der Waals surface area (Å²) in [5.74, 6) is 0.769. The third-order valence-corrected chi connectivity index (χ3v) is 3.76. The van der Waals surface area contributed by atoms with Crippen LogP contribution >= 0.6 is 31.9 Å². The Labute approximate surface area is 136 Å². The molecule has 1 aromatic carbocycles. The summed E-state index contributed by atoms with van der Waals surface area (Å²) >= 11 is 6.92. The van der Waals surface area contributed by atoms with Crippen LogP contribution in [-0.4, -0.2) is 25.1 Å². The normalized spacial score (nSPS) is 12.3. The molecule has 2 N–H and O–H groups in total. The first-order valence-corrected chi connectivity index (χ1v) is 7.99. The van der Waals surface area contributed by atoms with Gasteiger partial charge in [-0.25, -0.2) is 0 Å². The molecule has 0 aromatic heterocycles. The first-order chi connectivity index (χ1) is 9.35. The van der Waals surface area contributed by atoms with Crippen LogP contribution in [0, 0.1) is 0 Å². The fraction of sp³-hybridized carbons (Fsp3) is 0.500. The van der Waals surface area contributed by atoms with Gasteiger partial charge in [-0.05, 0) is 48.8 Å². The van der Waals surface area contributed by atoms with E-state index in [4.69, 9.17) is 4.74 Å². The number of methoxy groups -OCH3 is 1. The summed E-state index contributed by atoms with van der Waals surface area (Å²) in [6.45, 7) is 6.28. The Hall–Kier alpha value is -0.590. The zero-order valence-corrected chi connectivity index (χ0v) is 15.3. The van der Waals surface area contributed by atoms with Crippen molar-refractivity contribution in [3.63, 3.8) is 0 Å². The van der Waals surface area contributed by atoms with Gasteiger partial charge >= 0.3 is 0 Å². The minimum Gasteiger partial charge on any atom is -0.495 e. The van der Waals surface area contributed by atoms with Gasteiger partial charge in [0.15, 0.2) is 0 Å². The topological polar surface area (TPSA) is 50.4 Å². The van der Waals surface area contributed by atoms with Crippen LogP contribution in [0.2, 0.25) is 0 Å². The maximum absolute atomic E-state index is 11.8. The maximum Gasteiger partial charge on any atom is 0.237 e. The summed E-state index contributed by atoms with van der Waals surface area (Å²) in [5, 5.41) is 6.08. The van der Waals surface area contributed by atoms with Crippen molar-refractivity contribution in [1.29, 1.82) is 0 Å². The summed E-state index contributed by atoms with van der Waals surface area (Å²) in [4.78, 5) is 11.8. The fourth-order valence-corrected chi connectivity index (χ4v) is 3.21. The lowest BCUT2D eigenvalue weighted by atomic mass is 10.2. The molecule has 20 heavy (non-hydrogen) atoms. The van der Waals surface area contributed by atoms with Crippen molar-refractivity contribution in [3.05, 3.63) is 26.6 Å². The second-order valence-corrected chi connectivity index (χ2v) is 6.62. The predicted molar refractivity (Wildman–Crippen MR) is 88.0 cm³/mol. The van der Waals surface area contributed by atoms with Crippen molar-refractivity contribution in [2.45, 2.75) is 39.4 Å². The lowest BCUT2D eigenvalue weighted by molar-refractivity contribution is -0.123. The van der Waals surface area contributed by atoms with E-state index in [-0.39, 0.29) is 18.0 Å². The Bertz CT molecular complexity index is 478. The molecule has 1 amide bonds. The highest BCUT2D eigenvalue weighted by atomic mass is 79.9. The number of hydrogen-bond acceptors (Lipinski definition) is 3. The second kappa shape index (κ2) is 8.00. The van der Waals surface area contributed by atoms with Gasteiger partial charge in [-0.3, -0.25) is 4.79 Å². The third kappa shape index (κ3) is 5.07. The number of carbonyl (C=O) groups excluding carboxylic acids is 1. The summed E-state index contributed by atoms with van der Waals surface area (Å²) in [6.07, 6.45) is 0. The molecule has 1 atom stereocenters. The quantitative estimate of drug-likeness (QED) is 0.761. The molecule has 1 rings (SSSR count). The average Bonchev–Trinajstić information content (AvgIpc) is 2.34. The number of nitrogens with one attached hydrogen (secondary N) is 2. The van der Waals surface area contributed by atoms with E-state index in [1.165, 1.54) is 0 Å². The SMILES string of the molecule is COc1c(Br)cc(Br)cc1CNC(C)C(=O)NC(C)C. The standard InChI is InChI=1S/C14H20Br2N2O2/c1-8(2)18-14(19)9(3)17-7-10-5-11(15)6-12(16)13(10)20-4/h5-6,8-9,17H,7H2,1-4H3,(H,18,19). The summed E-state index contributed by atoms with van der Waals surface area (Å²) < 4.78 is 7.22. The first-order valence-electron chi connectivity index (χ1n) is 6.40. The molecule has 0 aliphatic rings. The van der Waals surface area contributed by atoms with Gasteiger partial charge in [-0.1, -0.05) is 15.9 Å². The Morgan fingerprint density at radius 1 is 1.30 bits per heavy atom. The molecule has 4 nitrogen and oxygen atoms in total. The van der Waals surface area contributed by atoms with E-state index in [9.17, 15) is 4.79 Å². The molecule has 0 fully saturated rings. The van der Waals surface area contributed by atoms with Crippen LogP contribution in [0.4, 0.5) is 0 Å². The Balaban J connectivity index is 2.72. The molecule has 6 heteroatoms. The first kappa shape index (κ1) is 17.5. The van der Waals surface area contributed by atoms with Crippen LogP contribution in [0.15, 0.2) is 21.1 Å². The van der Waals surface area contributed by atoms with Crippen molar-refractivity contribution in [3.8, 4) is 5.75 Å². The molecule has 0 bridgehead atoms. The lowest BCUT2D eigenvalue weighted by Gasteiger charge is -2.17. The molecule has 0 radical (unpaired) electrons. The minimum absolute atomic E-state index is 0.00645. The molecular weight excluding hydrogens is 388 g/mol. The predicted octanol–water partition coefficient (Wildman–Crippen LogP) is 3.22. The van der Waals surface area contributed by atoms with Gasteiger partial charge < -0.3 is 15.4 Å². The molecule has 0 heterocycles. The highest BCUT2D eigenvalue weighted by Crippen LogP contribution is 2.32. The fourth-order valence-electron chi connectivity index (χ4n) is 1.74. The van der Waals surface area contributed by atoms with Crippen molar-refractivity contribution < 1.29 is 9.53 Å². The van der Waals surface area contributed by atoms with E-state index in [1.54, 1.807) is 7.11 Å². The minimum atomic E-state index is -0.264. The van der Waals surface area contributed by atoms with Crippen LogP contribution in [0.1, 0.15) is 26.3 Å². The van der Waals surface area contributed by atoms with E-state index < -0.39 is 0 Å². The number of amides is 1. The van der Waals surface area contributed by atoms with Gasteiger partial charge in [0.2, 0.25) is 5.91 Å². The van der Waals surface area contributed by atoms with E-state index in [0.717, 1.165) is 20.3 Å². The maximum atomic E-state index is 11.8. The van der Waals surface area contributed by atoms with Gasteiger partial charge in [-0.15, -0.1) is 0 Å². The molecular formula is C14H20Br2N2O2. The van der Waals surface area contributed by atoms with Crippen LogP contribution in [0.5, 0.6) is 5.75 Å². The van der Waals surface area contributed by atoms with Crippen molar-refractivity contribution in [2.24, 2.45) is 0 Å². The van der Waals surface area contributed by atoms with E-state index >= 15 is 0 Å². The molecule has 1 unspecified atom stereocenters. The summed E-state index contributed by atoms with van der Waals surface area (Å²) in [7, 11) is 1.63. The average molecular weight is 408 g/mol. The van der Waals surface area contributed by atoms with Gasteiger partial charge in [0.25, 0.3) is 0 Å². The number of benzene rings is 1. The van der Waals surface area contributed by atoms with Crippen LogP contribution in [-0.2, 0) is 11.3 Å². The Morgan fingerprint density at radius 3 is 2.50 bits per heavy atom. The number of carbonyl (C=O) groups is 1.